The predicted octanol–water partition coefficient (Wildman–Crippen LogP) is 2.87. The van der Waals surface area contributed by atoms with E-state index in [1.54, 1.807) is 4.68 Å². The first-order chi connectivity index (χ1) is 12.4. The van der Waals surface area contributed by atoms with Gasteiger partial charge >= 0.3 is 0 Å². The number of tetrazole rings is 1. The summed E-state index contributed by atoms with van der Waals surface area (Å²) in [6.07, 6.45) is 2.66. The van der Waals surface area contributed by atoms with Crippen LogP contribution in [0.25, 0.3) is 5.69 Å². The highest BCUT2D eigenvalue weighted by Gasteiger charge is 2.11. The number of para-hydroxylation sites is 1. The van der Waals surface area contributed by atoms with Gasteiger partial charge < -0.3 is 5.32 Å². The summed E-state index contributed by atoms with van der Waals surface area (Å²) in [6.45, 7) is 4.20. The Morgan fingerprint density at radius 2 is 1.60 bits per heavy atom. The second-order valence-electron chi connectivity index (χ2n) is 6.40. The molecule has 0 atom stereocenters. The summed E-state index contributed by atoms with van der Waals surface area (Å²) in [7, 11) is 0. The molecule has 6 heteroatoms. The van der Waals surface area contributed by atoms with E-state index in [9.17, 15) is 0 Å². The Hall–Kier alpha value is -2.73. The van der Waals surface area contributed by atoms with Gasteiger partial charge in [-0.15, -0.1) is 0 Å². The Kier molecular flexibility index (Phi) is 4.70. The third-order valence-corrected chi connectivity index (χ3v) is 4.55. The minimum Gasteiger partial charge on any atom is -0.349 e. The van der Waals surface area contributed by atoms with Crippen LogP contribution in [-0.4, -0.2) is 38.2 Å². The number of hydrogen-bond acceptors (Lipinski definition) is 5. The highest BCUT2D eigenvalue weighted by atomic mass is 15.6. The number of benzene rings is 2. The van der Waals surface area contributed by atoms with E-state index in [0.717, 1.165) is 12.2 Å². The van der Waals surface area contributed by atoms with E-state index in [4.69, 9.17) is 0 Å². The number of rotatable bonds is 6. The van der Waals surface area contributed by atoms with E-state index < -0.39 is 0 Å². The van der Waals surface area contributed by atoms with Crippen LogP contribution in [0.2, 0.25) is 0 Å². The van der Waals surface area contributed by atoms with Crippen molar-refractivity contribution in [1.82, 2.24) is 25.1 Å². The quantitative estimate of drug-likeness (QED) is 0.751. The van der Waals surface area contributed by atoms with Crippen molar-refractivity contribution >= 4 is 5.95 Å². The second-order valence-corrected chi connectivity index (χ2v) is 6.40. The van der Waals surface area contributed by atoms with Crippen molar-refractivity contribution in [2.75, 3.05) is 18.4 Å². The molecular formula is C19H22N6. The molecule has 0 saturated carbocycles. The summed E-state index contributed by atoms with van der Waals surface area (Å²) in [5, 5.41) is 15.2. The fourth-order valence-electron chi connectivity index (χ4n) is 3.18. The van der Waals surface area contributed by atoms with Crippen molar-refractivity contribution in [3.63, 3.8) is 0 Å². The summed E-state index contributed by atoms with van der Waals surface area (Å²) < 4.78 is 1.71. The zero-order chi connectivity index (χ0) is 16.9. The average molecular weight is 334 g/mol. The molecule has 2 aromatic carbocycles. The van der Waals surface area contributed by atoms with Crippen LogP contribution in [0.1, 0.15) is 24.0 Å². The van der Waals surface area contributed by atoms with Crippen LogP contribution in [0.5, 0.6) is 0 Å². The Morgan fingerprint density at radius 3 is 2.36 bits per heavy atom. The highest BCUT2D eigenvalue weighted by Crippen LogP contribution is 2.15. The van der Waals surface area contributed by atoms with E-state index in [1.165, 1.54) is 37.1 Å². The molecule has 1 aliphatic rings. The monoisotopic (exact) mass is 334 g/mol. The maximum absolute atomic E-state index is 4.08. The van der Waals surface area contributed by atoms with Crippen LogP contribution in [0.3, 0.4) is 0 Å². The molecule has 1 aromatic heterocycles. The van der Waals surface area contributed by atoms with Crippen LogP contribution < -0.4 is 5.32 Å². The molecule has 1 saturated heterocycles. The SMILES string of the molecule is c1ccc(-n2nnnc2NCc2ccc(CN3CCCC3)cc2)cc1. The molecule has 1 N–H and O–H groups in total. The molecule has 2 heterocycles. The lowest BCUT2D eigenvalue weighted by molar-refractivity contribution is 0.331. The molecular weight excluding hydrogens is 312 g/mol. The van der Waals surface area contributed by atoms with Gasteiger partial charge in [0.2, 0.25) is 5.95 Å². The van der Waals surface area contributed by atoms with Gasteiger partial charge in [-0.05, 0) is 59.6 Å². The first-order valence-corrected chi connectivity index (χ1v) is 8.76. The first kappa shape index (κ1) is 15.8. The summed E-state index contributed by atoms with van der Waals surface area (Å²) in [6, 6.07) is 18.7. The van der Waals surface area contributed by atoms with Crippen molar-refractivity contribution in [3.05, 3.63) is 65.7 Å². The normalized spacial score (nSPS) is 14.7. The second kappa shape index (κ2) is 7.44. The molecule has 0 amide bonds. The third-order valence-electron chi connectivity index (χ3n) is 4.55. The van der Waals surface area contributed by atoms with E-state index in [2.05, 4.69) is 50.0 Å². The fraction of sp³-hybridized carbons (Fsp3) is 0.316. The van der Waals surface area contributed by atoms with Gasteiger partial charge in [0.15, 0.2) is 0 Å². The molecule has 3 aromatic rings. The molecule has 128 valence electrons. The van der Waals surface area contributed by atoms with Gasteiger partial charge in [0.25, 0.3) is 0 Å². The molecule has 6 nitrogen and oxygen atoms in total. The highest BCUT2D eigenvalue weighted by molar-refractivity contribution is 5.39. The predicted molar refractivity (Wildman–Crippen MR) is 97.4 cm³/mol. The number of anilines is 1. The van der Waals surface area contributed by atoms with Crippen LogP contribution >= 0.6 is 0 Å². The molecule has 1 aliphatic heterocycles. The Morgan fingerprint density at radius 1 is 0.880 bits per heavy atom. The molecule has 25 heavy (non-hydrogen) atoms. The van der Waals surface area contributed by atoms with E-state index in [1.807, 2.05) is 30.3 Å². The van der Waals surface area contributed by atoms with Crippen LogP contribution in [0, 0.1) is 0 Å². The molecule has 4 rings (SSSR count). The number of likely N-dealkylation sites (tertiary alicyclic amines) is 1. The average Bonchev–Trinajstić information content (AvgIpc) is 3.33. The summed E-state index contributed by atoms with van der Waals surface area (Å²) in [4.78, 5) is 2.52. The van der Waals surface area contributed by atoms with E-state index in [-0.39, 0.29) is 0 Å². The lowest BCUT2D eigenvalue weighted by Gasteiger charge is -2.14. The Labute approximate surface area is 147 Å². The zero-order valence-corrected chi connectivity index (χ0v) is 14.2. The van der Waals surface area contributed by atoms with Gasteiger partial charge in [-0.25, -0.2) is 0 Å². The number of nitrogens with one attached hydrogen (secondary N) is 1. The van der Waals surface area contributed by atoms with Gasteiger partial charge in [0.05, 0.1) is 5.69 Å². The van der Waals surface area contributed by atoms with Crippen molar-refractivity contribution in [1.29, 1.82) is 0 Å². The maximum Gasteiger partial charge on any atom is 0.248 e. The molecule has 0 radical (unpaired) electrons. The lowest BCUT2D eigenvalue weighted by Crippen LogP contribution is -2.18. The van der Waals surface area contributed by atoms with E-state index >= 15 is 0 Å². The number of aromatic nitrogens is 4. The van der Waals surface area contributed by atoms with Crippen molar-refractivity contribution in [3.8, 4) is 5.69 Å². The standard InChI is InChI=1S/C19H22N6/c1-2-6-18(7-3-1)25-19(21-22-23-25)20-14-16-8-10-17(11-9-16)15-24-12-4-5-13-24/h1-3,6-11H,4-5,12-15H2,(H,20,21,23). The molecule has 0 aliphatic carbocycles. The van der Waals surface area contributed by atoms with Crippen molar-refractivity contribution in [2.45, 2.75) is 25.9 Å². The Balaban J connectivity index is 1.38. The van der Waals surface area contributed by atoms with Gasteiger partial charge in [-0.3, -0.25) is 4.90 Å². The van der Waals surface area contributed by atoms with Gasteiger partial charge in [0, 0.05) is 13.1 Å². The van der Waals surface area contributed by atoms with E-state index in [0.29, 0.717) is 12.5 Å². The minimum absolute atomic E-state index is 0.646. The minimum atomic E-state index is 0.646. The maximum atomic E-state index is 4.08. The van der Waals surface area contributed by atoms with Gasteiger partial charge in [-0.1, -0.05) is 47.6 Å². The van der Waals surface area contributed by atoms with Crippen LogP contribution in [0.4, 0.5) is 5.95 Å². The smallest absolute Gasteiger partial charge is 0.248 e. The van der Waals surface area contributed by atoms with Gasteiger partial charge in [-0.2, -0.15) is 4.68 Å². The molecule has 0 unspecified atom stereocenters. The molecule has 0 spiro atoms. The first-order valence-electron chi connectivity index (χ1n) is 8.76. The summed E-state index contributed by atoms with van der Waals surface area (Å²) >= 11 is 0. The number of nitrogens with zero attached hydrogens (tertiary/aromatic N) is 5. The molecule has 1 fully saturated rings. The summed E-state index contributed by atoms with van der Waals surface area (Å²) in [5.74, 6) is 0.646. The largest absolute Gasteiger partial charge is 0.349 e. The Bertz CT molecular complexity index is 790. The van der Waals surface area contributed by atoms with Crippen molar-refractivity contribution < 1.29 is 0 Å². The zero-order valence-electron chi connectivity index (χ0n) is 14.2. The number of hydrogen-bond donors (Lipinski definition) is 1. The lowest BCUT2D eigenvalue weighted by atomic mass is 10.1. The topological polar surface area (TPSA) is 58.9 Å². The molecule has 0 bridgehead atoms. The van der Waals surface area contributed by atoms with Crippen molar-refractivity contribution in [2.24, 2.45) is 0 Å². The van der Waals surface area contributed by atoms with Crippen LogP contribution in [-0.2, 0) is 13.1 Å². The fourth-order valence-corrected chi connectivity index (χ4v) is 3.18. The van der Waals surface area contributed by atoms with Gasteiger partial charge in [0.1, 0.15) is 0 Å². The summed E-state index contributed by atoms with van der Waals surface area (Å²) in [5.41, 5.74) is 3.53. The third kappa shape index (κ3) is 3.85. The van der Waals surface area contributed by atoms with Crippen LogP contribution in [0.15, 0.2) is 54.6 Å².